The van der Waals surface area contributed by atoms with Gasteiger partial charge in [0, 0.05) is 43.3 Å². The van der Waals surface area contributed by atoms with Gasteiger partial charge >= 0.3 is 0 Å². The third-order valence-electron chi connectivity index (χ3n) is 3.66. The molecule has 0 amide bonds. The first-order valence-electron chi connectivity index (χ1n) is 7.84. The van der Waals surface area contributed by atoms with Crippen LogP contribution in [0, 0.1) is 6.92 Å². The molecule has 0 fully saturated rings. The van der Waals surface area contributed by atoms with Crippen LogP contribution in [0.3, 0.4) is 0 Å². The van der Waals surface area contributed by atoms with Crippen LogP contribution in [0.15, 0.2) is 29.3 Å². The molecule has 120 valence electrons. The van der Waals surface area contributed by atoms with Crippen molar-refractivity contribution in [2.24, 2.45) is 4.99 Å². The van der Waals surface area contributed by atoms with E-state index < -0.39 is 0 Å². The second kappa shape index (κ2) is 8.44. The number of aryl methyl sites for hydroxylation is 1. The first kappa shape index (κ1) is 16.4. The van der Waals surface area contributed by atoms with E-state index in [4.69, 9.17) is 4.74 Å². The number of para-hydroxylation sites is 1. The lowest BCUT2D eigenvalue weighted by Crippen LogP contribution is -2.39. The van der Waals surface area contributed by atoms with Gasteiger partial charge in [0.15, 0.2) is 5.96 Å². The smallest absolute Gasteiger partial charge is 0.191 e. The number of rotatable bonds is 7. The van der Waals surface area contributed by atoms with Gasteiger partial charge in [-0.05, 0) is 31.9 Å². The van der Waals surface area contributed by atoms with Crippen LogP contribution in [-0.4, -0.2) is 44.3 Å². The van der Waals surface area contributed by atoms with E-state index in [0.29, 0.717) is 6.61 Å². The molecule has 0 bridgehead atoms. The van der Waals surface area contributed by atoms with Gasteiger partial charge in [0.1, 0.15) is 0 Å². The second-order valence-electron chi connectivity index (χ2n) is 5.15. The van der Waals surface area contributed by atoms with Gasteiger partial charge in [0.05, 0.1) is 6.61 Å². The first-order chi connectivity index (χ1) is 10.8. The fourth-order valence-electron chi connectivity index (χ4n) is 2.57. The molecular weight excluding hydrogens is 276 g/mol. The van der Waals surface area contributed by atoms with Gasteiger partial charge in [-0.25, -0.2) is 0 Å². The van der Waals surface area contributed by atoms with Gasteiger partial charge in [0.25, 0.3) is 0 Å². The SMILES string of the molecule is CCOCCNC(=NC)NCCc1c(C)[nH]c2ccccc12. The zero-order valence-electron chi connectivity index (χ0n) is 13.7. The van der Waals surface area contributed by atoms with E-state index in [1.165, 1.54) is 22.2 Å². The molecule has 1 aromatic carbocycles. The van der Waals surface area contributed by atoms with E-state index in [9.17, 15) is 0 Å². The number of aliphatic imine (C=N–C) groups is 1. The predicted molar refractivity (Wildman–Crippen MR) is 92.6 cm³/mol. The number of guanidine groups is 1. The largest absolute Gasteiger partial charge is 0.380 e. The van der Waals surface area contributed by atoms with Crippen molar-refractivity contribution in [3.05, 3.63) is 35.5 Å². The normalized spacial score (nSPS) is 11.9. The maximum atomic E-state index is 5.31. The van der Waals surface area contributed by atoms with E-state index in [1.54, 1.807) is 7.05 Å². The van der Waals surface area contributed by atoms with Gasteiger partial charge in [-0.2, -0.15) is 0 Å². The average molecular weight is 302 g/mol. The highest BCUT2D eigenvalue weighted by Crippen LogP contribution is 2.21. The zero-order chi connectivity index (χ0) is 15.8. The maximum absolute atomic E-state index is 5.31. The summed E-state index contributed by atoms with van der Waals surface area (Å²) in [6, 6.07) is 8.43. The molecule has 0 saturated heterocycles. The van der Waals surface area contributed by atoms with Crippen LogP contribution in [0.4, 0.5) is 0 Å². The Morgan fingerprint density at radius 2 is 2.00 bits per heavy atom. The summed E-state index contributed by atoms with van der Waals surface area (Å²) in [7, 11) is 1.78. The van der Waals surface area contributed by atoms with Gasteiger partial charge in [-0.1, -0.05) is 18.2 Å². The van der Waals surface area contributed by atoms with Crippen LogP contribution in [0.1, 0.15) is 18.2 Å². The molecule has 1 aromatic heterocycles. The molecule has 0 aliphatic heterocycles. The number of benzene rings is 1. The molecule has 0 unspecified atom stereocenters. The quantitative estimate of drug-likeness (QED) is 0.417. The van der Waals surface area contributed by atoms with Gasteiger partial charge in [0.2, 0.25) is 0 Å². The highest BCUT2D eigenvalue weighted by Gasteiger charge is 2.07. The number of nitrogens with zero attached hydrogens (tertiary/aromatic N) is 1. The first-order valence-corrected chi connectivity index (χ1v) is 7.84. The fourth-order valence-corrected chi connectivity index (χ4v) is 2.57. The molecule has 5 nitrogen and oxygen atoms in total. The summed E-state index contributed by atoms with van der Waals surface area (Å²) in [5, 5.41) is 7.89. The molecule has 0 aliphatic carbocycles. The number of aromatic amines is 1. The van der Waals surface area contributed by atoms with Crippen LogP contribution in [0.2, 0.25) is 0 Å². The van der Waals surface area contributed by atoms with E-state index in [-0.39, 0.29) is 0 Å². The lowest BCUT2D eigenvalue weighted by molar-refractivity contribution is 0.152. The highest BCUT2D eigenvalue weighted by molar-refractivity contribution is 5.84. The number of nitrogens with one attached hydrogen (secondary N) is 3. The van der Waals surface area contributed by atoms with Crippen LogP contribution >= 0.6 is 0 Å². The second-order valence-corrected chi connectivity index (χ2v) is 5.15. The molecule has 2 rings (SSSR count). The monoisotopic (exact) mass is 302 g/mol. The molecule has 3 N–H and O–H groups in total. The minimum absolute atomic E-state index is 0.693. The van der Waals surface area contributed by atoms with Crippen LogP contribution in [0.5, 0.6) is 0 Å². The van der Waals surface area contributed by atoms with Crippen LogP contribution in [0.25, 0.3) is 10.9 Å². The number of ether oxygens (including phenoxy) is 1. The van der Waals surface area contributed by atoms with Crippen molar-refractivity contribution in [2.75, 3.05) is 33.4 Å². The predicted octanol–water partition coefficient (Wildman–Crippen LogP) is 2.22. The lowest BCUT2D eigenvalue weighted by atomic mass is 10.1. The summed E-state index contributed by atoms with van der Waals surface area (Å²) < 4.78 is 5.31. The molecule has 0 atom stereocenters. The fraction of sp³-hybridized carbons (Fsp3) is 0.471. The summed E-state index contributed by atoms with van der Waals surface area (Å²) >= 11 is 0. The minimum atomic E-state index is 0.693. The van der Waals surface area contributed by atoms with E-state index in [1.807, 2.05) is 6.92 Å². The Kier molecular flexibility index (Phi) is 6.27. The summed E-state index contributed by atoms with van der Waals surface area (Å²) in [5.74, 6) is 0.817. The maximum Gasteiger partial charge on any atom is 0.191 e. The molecule has 1 heterocycles. The summed E-state index contributed by atoms with van der Waals surface area (Å²) in [6.45, 7) is 7.17. The Morgan fingerprint density at radius 3 is 2.77 bits per heavy atom. The lowest BCUT2D eigenvalue weighted by Gasteiger charge is -2.12. The Bertz CT molecular complexity index is 618. The summed E-state index contributed by atoms with van der Waals surface area (Å²) in [6.07, 6.45) is 0.960. The van der Waals surface area contributed by atoms with Crippen molar-refractivity contribution in [3.63, 3.8) is 0 Å². The van der Waals surface area contributed by atoms with Crippen molar-refractivity contribution in [1.29, 1.82) is 0 Å². The van der Waals surface area contributed by atoms with E-state index >= 15 is 0 Å². The number of aromatic nitrogens is 1. The van der Waals surface area contributed by atoms with Crippen molar-refractivity contribution >= 4 is 16.9 Å². The number of hydrogen-bond donors (Lipinski definition) is 3. The van der Waals surface area contributed by atoms with Crippen molar-refractivity contribution in [2.45, 2.75) is 20.3 Å². The highest BCUT2D eigenvalue weighted by atomic mass is 16.5. The Hall–Kier alpha value is -2.01. The number of hydrogen-bond acceptors (Lipinski definition) is 2. The molecule has 0 aliphatic rings. The third kappa shape index (κ3) is 4.24. The van der Waals surface area contributed by atoms with E-state index in [0.717, 1.165) is 32.1 Å². The molecular formula is C17H26N4O. The summed E-state index contributed by atoms with van der Waals surface area (Å²) in [4.78, 5) is 7.66. The van der Waals surface area contributed by atoms with Crippen LogP contribution in [-0.2, 0) is 11.2 Å². The van der Waals surface area contributed by atoms with Crippen molar-refractivity contribution < 1.29 is 4.74 Å². The molecule has 0 spiro atoms. The number of H-pyrrole nitrogens is 1. The Balaban J connectivity index is 1.85. The van der Waals surface area contributed by atoms with Gasteiger partial charge < -0.3 is 20.4 Å². The minimum Gasteiger partial charge on any atom is -0.380 e. The standard InChI is InChI=1S/C17H26N4O/c1-4-22-12-11-20-17(18-3)19-10-9-14-13(2)21-16-8-6-5-7-15(14)16/h5-8,21H,4,9-12H2,1-3H3,(H2,18,19,20). The van der Waals surface area contributed by atoms with Crippen molar-refractivity contribution in [1.82, 2.24) is 15.6 Å². The molecule has 0 saturated carbocycles. The molecule has 2 aromatic rings. The van der Waals surface area contributed by atoms with E-state index in [2.05, 4.69) is 51.8 Å². The molecule has 22 heavy (non-hydrogen) atoms. The topological polar surface area (TPSA) is 61.4 Å². The summed E-state index contributed by atoms with van der Waals surface area (Å²) in [5.41, 5.74) is 3.81. The molecule has 0 radical (unpaired) electrons. The van der Waals surface area contributed by atoms with Crippen LogP contribution < -0.4 is 10.6 Å². The number of fused-ring (bicyclic) bond motifs is 1. The third-order valence-corrected chi connectivity index (χ3v) is 3.66. The Labute approximate surface area is 132 Å². The molecule has 5 heteroatoms. The Morgan fingerprint density at radius 1 is 1.23 bits per heavy atom. The zero-order valence-corrected chi connectivity index (χ0v) is 13.7. The van der Waals surface area contributed by atoms with Gasteiger partial charge in [-0.3, -0.25) is 4.99 Å². The van der Waals surface area contributed by atoms with Crippen molar-refractivity contribution in [3.8, 4) is 0 Å². The average Bonchev–Trinajstić information content (AvgIpc) is 2.85. The van der Waals surface area contributed by atoms with Gasteiger partial charge in [-0.15, -0.1) is 0 Å².